The molecule has 0 amide bonds. The van der Waals surface area contributed by atoms with Gasteiger partial charge in [-0.2, -0.15) is 15.1 Å². The number of nitrogens with one attached hydrogen (secondary N) is 2. The standard InChI is InChI=1S/C17H21ClFN7/c1-10-3-4-11(5-14(10)18)7-21-15-13-9-23-26(2)16(13)25-17(24-15)22-8-12(20)6-19/h3-5,9,12H,6-8,20H2,1-2H3,(H2,21,22,24,25). The molecule has 0 aliphatic rings. The first-order valence-corrected chi connectivity index (χ1v) is 8.59. The molecule has 7 nitrogen and oxygen atoms in total. The van der Waals surface area contributed by atoms with Crippen LogP contribution in [0, 0.1) is 6.92 Å². The summed E-state index contributed by atoms with van der Waals surface area (Å²) in [5, 5.41) is 12.0. The zero-order valence-electron chi connectivity index (χ0n) is 14.6. The number of benzene rings is 1. The van der Waals surface area contributed by atoms with Crippen LogP contribution in [0.3, 0.4) is 0 Å². The quantitative estimate of drug-likeness (QED) is 0.586. The highest BCUT2D eigenvalue weighted by Gasteiger charge is 2.12. The number of hydrogen-bond donors (Lipinski definition) is 3. The molecular weight excluding hydrogens is 357 g/mol. The molecule has 0 saturated heterocycles. The highest BCUT2D eigenvalue weighted by molar-refractivity contribution is 6.31. The molecule has 1 atom stereocenters. The van der Waals surface area contributed by atoms with Crippen molar-refractivity contribution in [2.24, 2.45) is 12.8 Å². The van der Waals surface area contributed by atoms with Crippen molar-refractivity contribution < 1.29 is 4.39 Å². The number of hydrogen-bond acceptors (Lipinski definition) is 6. The number of nitrogens with two attached hydrogens (primary N) is 1. The molecule has 1 unspecified atom stereocenters. The van der Waals surface area contributed by atoms with E-state index in [-0.39, 0.29) is 6.54 Å². The third-order valence-corrected chi connectivity index (χ3v) is 4.42. The summed E-state index contributed by atoms with van der Waals surface area (Å²) in [7, 11) is 1.80. The van der Waals surface area contributed by atoms with Crippen molar-refractivity contribution in [3.63, 3.8) is 0 Å². The summed E-state index contributed by atoms with van der Waals surface area (Å²) in [6.07, 6.45) is 1.71. The van der Waals surface area contributed by atoms with Gasteiger partial charge in [-0.15, -0.1) is 0 Å². The van der Waals surface area contributed by atoms with Gasteiger partial charge in [0.15, 0.2) is 5.65 Å². The Hall–Kier alpha value is -2.45. The first-order valence-electron chi connectivity index (χ1n) is 8.22. The van der Waals surface area contributed by atoms with Crippen LogP contribution < -0.4 is 16.4 Å². The number of halogens is 2. The summed E-state index contributed by atoms with van der Waals surface area (Å²) in [5.41, 5.74) is 8.33. The molecule has 0 fully saturated rings. The maximum atomic E-state index is 12.6. The lowest BCUT2D eigenvalue weighted by Crippen LogP contribution is -2.31. The Balaban J connectivity index is 1.84. The Morgan fingerprint density at radius 3 is 2.85 bits per heavy atom. The van der Waals surface area contributed by atoms with E-state index >= 15 is 0 Å². The van der Waals surface area contributed by atoms with Crippen LogP contribution in [0.2, 0.25) is 5.02 Å². The fraction of sp³-hybridized carbons (Fsp3) is 0.353. The fourth-order valence-electron chi connectivity index (χ4n) is 2.45. The van der Waals surface area contributed by atoms with Crippen molar-refractivity contribution in [3.05, 3.63) is 40.5 Å². The van der Waals surface area contributed by atoms with Gasteiger partial charge in [0.25, 0.3) is 0 Å². The second-order valence-corrected chi connectivity index (χ2v) is 6.54. The van der Waals surface area contributed by atoms with Gasteiger partial charge in [-0.3, -0.25) is 4.68 Å². The molecule has 26 heavy (non-hydrogen) atoms. The van der Waals surface area contributed by atoms with Crippen LogP contribution >= 0.6 is 11.6 Å². The molecule has 1 aromatic carbocycles. The summed E-state index contributed by atoms with van der Waals surface area (Å²) in [6.45, 7) is 2.14. The summed E-state index contributed by atoms with van der Waals surface area (Å²) in [6, 6.07) is 5.30. The molecule has 0 bridgehead atoms. The highest BCUT2D eigenvalue weighted by Crippen LogP contribution is 2.23. The normalized spacial score (nSPS) is 12.3. The molecule has 2 heterocycles. The van der Waals surface area contributed by atoms with Crippen LogP contribution in [0.1, 0.15) is 11.1 Å². The van der Waals surface area contributed by atoms with E-state index in [1.165, 1.54) is 0 Å². The number of fused-ring (bicyclic) bond motifs is 1. The lowest BCUT2D eigenvalue weighted by Gasteiger charge is -2.12. The van der Waals surface area contributed by atoms with E-state index in [2.05, 4.69) is 25.7 Å². The van der Waals surface area contributed by atoms with Crippen LogP contribution in [0.5, 0.6) is 0 Å². The van der Waals surface area contributed by atoms with Crippen LogP contribution in [0.4, 0.5) is 16.2 Å². The zero-order valence-corrected chi connectivity index (χ0v) is 15.4. The third-order valence-electron chi connectivity index (χ3n) is 4.01. The topological polar surface area (TPSA) is 93.7 Å². The van der Waals surface area contributed by atoms with Crippen LogP contribution in [-0.4, -0.2) is 39.0 Å². The molecular formula is C17H21ClFN7. The van der Waals surface area contributed by atoms with Gasteiger partial charge in [0, 0.05) is 25.2 Å². The minimum absolute atomic E-state index is 0.243. The van der Waals surface area contributed by atoms with Gasteiger partial charge < -0.3 is 16.4 Å². The lowest BCUT2D eigenvalue weighted by molar-refractivity contribution is 0.437. The Morgan fingerprint density at radius 2 is 2.12 bits per heavy atom. The molecule has 3 rings (SSSR count). The second kappa shape index (κ2) is 7.84. The smallest absolute Gasteiger partial charge is 0.226 e. The van der Waals surface area contributed by atoms with Crippen molar-refractivity contribution >= 4 is 34.4 Å². The van der Waals surface area contributed by atoms with Crippen molar-refractivity contribution in [1.82, 2.24) is 19.7 Å². The van der Waals surface area contributed by atoms with E-state index in [0.717, 1.165) is 21.5 Å². The van der Waals surface area contributed by atoms with E-state index < -0.39 is 12.7 Å². The second-order valence-electron chi connectivity index (χ2n) is 6.13. The number of alkyl halides is 1. The Morgan fingerprint density at radius 1 is 1.31 bits per heavy atom. The van der Waals surface area contributed by atoms with Gasteiger partial charge in [0.1, 0.15) is 12.5 Å². The van der Waals surface area contributed by atoms with Gasteiger partial charge in [-0.05, 0) is 24.1 Å². The largest absolute Gasteiger partial charge is 0.365 e. The molecule has 0 spiro atoms. The van der Waals surface area contributed by atoms with Crippen LogP contribution in [0.25, 0.3) is 11.0 Å². The lowest BCUT2D eigenvalue weighted by atomic mass is 10.1. The number of nitrogens with zero attached hydrogens (tertiary/aromatic N) is 4. The minimum Gasteiger partial charge on any atom is -0.365 e. The van der Waals surface area contributed by atoms with Crippen molar-refractivity contribution in [3.8, 4) is 0 Å². The molecule has 138 valence electrons. The predicted octanol–water partition coefficient (Wildman–Crippen LogP) is 2.65. The molecule has 2 aromatic heterocycles. The molecule has 0 saturated carbocycles. The summed E-state index contributed by atoms with van der Waals surface area (Å²) >= 11 is 6.18. The molecule has 3 aromatic rings. The van der Waals surface area contributed by atoms with Crippen molar-refractivity contribution in [2.75, 3.05) is 23.9 Å². The monoisotopic (exact) mass is 377 g/mol. The van der Waals surface area contributed by atoms with Gasteiger partial charge in [0.2, 0.25) is 5.95 Å². The van der Waals surface area contributed by atoms with Gasteiger partial charge >= 0.3 is 0 Å². The SMILES string of the molecule is Cc1ccc(CNc2nc(NCC(N)CF)nc3c2cnn3C)cc1Cl. The van der Waals surface area contributed by atoms with E-state index in [1.54, 1.807) is 17.9 Å². The van der Waals surface area contributed by atoms with Gasteiger partial charge in [0.05, 0.1) is 17.6 Å². The van der Waals surface area contributed by atoms with Crippen molar-refractivity contribution in [2.45, 2.75) is 19.5 Å². The molecule has 9 heteroatoms. The number of aryl methyl sites for hydroxylation is 2. The van der Waals surface area contributed by atoms with Gasteiger partial charge in [-0.1, -0.05) is 23.7 Å². The molecule has 0 radical (unpaired) electrons. The van der Waals surface area contributed by atoms with Crippen LogP contribution in [-0.2, 0) is 13.6 Å². The average Bonchev–Trinajstić information content (AvgIpc) is 3.01. The molecule has 4 N–H and O–H groups in total. The summed E-state index contributed by atoms with van der Waals surface area (Å²) < 4.78 is 14.2. The number of aromatic nitrogens is 4. The van der Waals surface area contributed by atoms with E-state index in [9.17, 15) is 4.39 Å². The maximum Gasteiger partial charge on any atom is 0.226 e. The summed E-state index contributed by atoms with van der Waals surface area (Å²) in [4.78, 5) is 8.90. The Labute approximate surface area is 155 Å². The average molecular weight is 378 g/mol. The first-order chi connectivity index (χ1) is 12.5. The minimum atomic E-state index is -0.611. The molecule has 0 aliphatic carbocycles. The van der Waals surface area contributed by atoms with Crippen molar-refractivity contribution in [1.29, 1.82) is 0 Å². The maximum absolute atomic E-state index is 12.6. The fourth-order valence-corrected chi connectivity index (χ4v) is 2.65. The third kappa shape index (κ3) is 4.03. The highest BCUT2D eigenvalue weighted by atomic mass is 35.5. The number of rotatable bonds is 7. The number of anilines is 2. The first kappa shape index (κ1) is 18.3. The Kier molecular flexibility index (Phi) is 5.53. The zero-order chi connectivity index (χ0) is 18.7. The predicted molar refractivity (Wildman–Crippen MR) is 102 cm³/mol. The molecule has 0 aliphatic heterocycles. The summed E-state index contributed by atoms with van der Waals surface area (Å²) in [5.74, 6) is 1.01. The van der Waals surface area contributed by atoms with E-state index in [4.69, 9.17) is 17.3 Å². The van der Waals surface area contributed by atoms with E-state index in [1.807, 2.05) is 25.1 Å². The Bertz CT molecular complexity index is 912. The van der Waals surface area contributed by atoms with Gasteiger partial charge in [-0.25, -0.2) is 4.39 Å². The van der Waals surface area contributed by atoms with Crippen LogP contribution in [0.15, 0.2) is 24.4 Å². The van der Waals surface area contributed by atoms with E-state index in [0.29, 0.717) is 24.0 Å².